The summed E-state index contributed by atoms with van der Waals surface area (Å²) < 4.78 is 10.8. The predicted molar refractivity (Wildman–Crippen MR) is 69.0 cm³/mol. The number of ether oxygens (including phenoxy) is 2. The molecular formula is C14H12ClO2. The van der Waals surface area contributed by atoms with E-state index in [1.165, 1.54) is 0 Å². The molecule has 1 radical (unpaired) electrons. The molecule has 0 aliphatic rings. The minimum atomic E-state index is 0.520. The molecule has 87 valence electrons. The molecule has 2 nitrogen and oxygen atoms in total. The molecule has 0 heterocycles. The van der Waals surface area contributed by atoms with Crippen molar-refractivity contribution < 1.29 is 9.47 Å². The van der Waals surface area contributed by atoms with E-state index in [1.54, 1.807) is 25.3 Å². The number of hydrogen-bond donors (Lipinski definition) is 0. The van der Waals surface area contributed by atoms with E-state index in [9.17, 15) is 0 Å². The molecule has 0 atom stereocenters. The first-order valence-electron chi connectivity index (χ1n) is 5.13. The third-order valence-electron chi connectivity index (χ3n) is 2.32. The second-order valence-electron chi connectivity index (χ2n) is 3.51. The lowest BCUT2D eigenvalue weighted by Crippen LogP contribution is -1.88. The molecule has 2 aromatic rings. The van der Waals surface area contributed by atoms with Gasteiger partial charge in [0, 0.05) is 6.07 Å². The third kappa shape index (κ3) is 2.71. The molecule has 3 heteroatoms. The fraction of sp³-hybridized carbons (Fsp3) is 0.0714. The molecule has 0 fully saturated rings. The van der Waals surface area contributed by atoms with Gasteiger partial charge in [-0.2, -0.15) is 0 Å². The van der Waals surface area contributed by atoms with Crippen LogP contribution in [0.3, 0.4) is 0 Å². The van der Waals surface area contributed by atoms with Crippen LogP contribution in [0.4, 0.5) is 0 Å². The van der Waals surface area contributed by atoms with Crippen molar-refractivity contribution in [3.63, 3.8) is 0 Å². The first kappa shape index (κ1) is 11.8. The predicted octanol–water partition coefficient (Wildman–Crippen LogP) is 4.32. The Balaban J connectivity index is 2.25. The molecule has 2 aromatic carbocycles. The molecule has 0 aromatic heterocycles. The quantitative estimate of drug-likeness (QED) is 0.804. The molecule has 0 saturated heterocycles. The molecule has 17 heavy (non-hydrogen) atoms. The summed E-state index contributed by atoms with van der Waals surface area (Å²) in [4.78, 5) is 0. The van der Waals surface area contributed by atoms with Gasteiger partial charge in [-0.25, -0.2) is 0 Å². The van der Waals surface area contributed by atoms with Crippen LogP contribution in [0.25, 0.3) is 0 Å². The third-order valence-corrected chi connectivity index (χ3v) is 2.62. The lowest BCUT2D eigenvalue weighted by atomic mass is 10.2. The van der Waals surface area contributed by atoms with Gasteiger partial charge in [-0.05, 0) is 30.7 Å². The average molecular weight is 248 g/mol. The summed E-state index contributed by atoms with van der Waals surface area (Å²) in [5.41, 5.74) is 0.833. The van der Waals surface area contributed by atoms with Crippen LogP contribution in [0.2, 0.25) is 5.02 Å². The summed E-state index contributed by atoms with van der Waals surface area (Å²) in [6, 6.07) is 12.8. The number of methoxy groups -OCH3 is 1. The molecular weight excluding hydrogens is 236 g/mol. The van der Waals surface area contributed by atoms with Crippen molar-refractivity contribution in [3.8, 4) is 17.2 Å². The first-order valence-corrected chi connectivity index (χ1v) is 5.51. The van der Waals surface area contributed by atoms with Crippen LogP contribution >= 0.6 is 11.6 Å². The maximum Gasteiger partial charge on any atom is 0.137 e. The second kappa shape index (κ2) is 5.11. The number of halogens is 1. The van der Waals surface area contributed by atoms with E-state index in [4.69, 9.17) is 21.1 Å². The Morgan fingerprint density at radius 3 is 2.47 bits per heavy atom. The number of hydrogen-bond acceptors (Lipinski definition) is 2. The van der Waals surface area contributed by atoms with Crippen LogP contribution in [0.1, 0.15) is 5.56 Å². The van der Waals surface area contributed by atoms with Gasteiger partial charge in [0.25, 0.3) is 0 Å². The minimum Gasteiger partial charge on any atom is -0.495 e. The monoisotopic (exact) mass is 247 g/mol. The van der Waals surface area contributed by atoms with Crippen LogP contribution in [-0.4, -0.2) is 7.11 Å². The summed E-state index contributed by atoms with van der Waals surface area (Å²) in [5.74, 6) is 2.00. The zero-order valence-electron chi connectivity index (χ0n) is 9.44. The highest BCUT2D eigenvalue weighted by Crippen LogP contribution is 2.31. The number of rotatable bonds is 3. The Morgan fingerprint density at radius 1 is 1.06 bits per heavy atom. The number of benzene rings is 2. The highest BCUT2D eigenvalue weighted by molar-refractivity contribution is 6.32. The lowest BCUT2D eigenvalue weighted by molar-refractivity contribution is 0.413. The Labute approximate surface area is 106 Å². The summed E-state index contributed by atoms with van der Waals surface area (Å²) >= 11 is 6.01. The zero-order chi connectivity index (χ0) is 12.3. The van der Waals surface area contributed by atoms with E-state index < -0.39 is 0 Å². The van der Waals surface area contributed by atoms with Crippen LogP contribution in [0.15, 0.2) is 42.5 Å². The van der Waals surface area contributed by atoms with Crippen molar-refractivity contribution in [2.75, 3.05) is 7.11 Å². The van der Waals surface area contributed by atoms with Crippen molar-refractivity contribution in [3.05, 3.63) is 60.0 Å². The largest absolute Gasteiger partial charge is 0.495 e. The van der Waals surface area contributed by atoms with Gasteiger partial charge in [0.1, 0.15) is 17.2 Å². The van der Waals surface area contributed by atoms with E-state index in [-0.39, 0.29) is 0 Å². The minimum absolute atomic E-state index is 0.520. The highest BCUT2D eigenvalue weighted by Gasteiger charge is 2.04. The molecule has 0 spiro atoms. The van der Waals surface area contributed by atoms with Gasteiger partial charge in [0.15, 0.2) is 0 Å². The van der Waals surface area contributed by atoms with Crippen molar-refractivity contribution in [2.45, 2.75) is 0 Å². The molecule has 0 saturated carbocycles. The highest BCUT2D eigenvalue weighted by atomic mass is 35.5. The number of para-hydroxylation sites is 1. The van der Waals surface area contributed by atoms with Gasteiger partial charge in [0.05, 0.1) is 12.1 Å². The standard InChI is InChI=1S/C14H12ClO2/c1-10-5-3-4-6-13(10)17-11-7-8-14(16-2)12(15)9-11/h3-9H,1H2,2H3. The Bertz CT molecular complexity index is 523. The topological polar surface area (TPSA) is 18.5 Å². The lowest BCUT2D eigenvalue weighted by Gasteiger charge is -2.09. The van der Waals surface area contributed by atoms with E-state index in [0.717, 1.165) is 5.56 Å². The molecule has 0 amide bonds. The summed E-state index contributed by atoms with van der Waals surface area (Å²) in [7, 11) is 1.58. The fourth-order valence-corrected chi connectivity index (χ4v) is 1.69. The van der Waals surface area contributed by atoms with Crippen LogP contribution in [0.5, 0.6) is 17.2 Å². The second-order valence-corrected chi connectivity index (χ2v) is 3.91. The summed E-state index contributed by atoms with van der Waals surface area (Å²) in [6.07, 6.45) is 0. The average Bonchev–Trinajstić information content (AvgIpc) is 2.32. The molecule has 0 N–H and O–H groups in total. The molecule has 2 rings (SSSR count). The van der Waals surface area contributed by atoms with Crippen molar-refractivity contribution in [2.24, 2.45) is 0 Å². The van der Waals surface area contributed by atoms with Gasteiger partial charge in [0.2, 0.25) is 0 Å². The molecule has 0 unspecified atom stereocenters. The van der Waals surface area contributed by atoms with E-state index in [2.05, 4.69) is 6.92 Å². The van der Waals surface area contributed by atoms with Crippen molar-refractivity contribution in [1.82, 2.24) is 0 Å². The molecule has 0 bridgehead atoms. The molecule has 0 aliphatic heterocycles. The van der Waals surface area contributed by atoms with Gasteiger partial charge >= 0.3 is 0 Å². The Morgan fingerprint density at radius 2 is 1.82 bits per heavy atom. The Kier molecular flexibility index (Phi) is 3.55. The van der Waals surface area contributed by atoms with Gasteiger partial charge < -0.3 is 9.47 Å². The van der Waals surface area contributed by atoms with E-state index in [0.29, 0.717) is 22.3 Å². The smallest absolute Gasteiger partial charge is 0.137 e. The molecule has 0 aliphatic carbocycles. The first-order chi connectivity index (χ1) is 8.20. The maximum absolute atomic E-state index is 6.01. The normalized spacial score (nSPS) is 10.1. The SMILES string of the molecule is [CH2]c1ccccc1Oc1ccc(OC)c(Cl)c1. The van der Waals surface area contributed by atoms with Gasteiger partial charge in [-0.3, -0.25) is 0 Å². The summed E-state index contributed by atoms with van der Waals surface area (Å²) in [5, 5.41) is 0.520. The van der Waals surface area contributed by atoms with Gasteiger partial charge in [-0.15, -0.1) is 0 Å². The van der Waals surface area contributed by atoms with Crippen molar-refractivity contribution in [1.29, 1.82) is 0 Å². The van der Waals surface area contributed by atoms with E-state index >= 15 is 0 Å². The zero-order valence-corrected chi connectivity index (χ0v) is 10.2. The van der Waals surface area contributed by atoms with Crippen LogP contribution in [-0.2, 0) is 0 Å². The van der Waals surface area contributed by atoms with E-state index in [1.807, 2.05) is 24.3 Å². The fourth-order valence-electron chi connectivity index (χ4n) is 1.44. The van der Waals surface area contributed by atoms with Crippen LogP contribution < -0.4 is 9.47 Å². The van der Waals surface area contributed by atoms with Crippen molar-refractivity contribution >= 4 is 11.6 Å². The summed E-state index contributed by atoms with van der Waals surface area (Å²) in [6.45, 7) is 3.89. The maximum atomic E-state index is 6.01. The Hall–Kier alpha value is -1.67. The van der Waals surface area contributed by atoms with Crippen LogP contribution in [0, 0.1) is 6.92 Å². The van der Waals surface area contributed by atoms with Gasteiger partial charge in [-0.1, -0.05) is 29.8 Å².